The average molecular weight is 213 g/mol. The number of hydrogen-bond donors (Lipinski definition) is 1. The lowest BCUT2D eigenvalue weighted by Crippen LogP contribution is -2.37. The average Bonchev–Trinajstić information content (AvgIpc) is 2.31. The van der Waals surface area contributed by atoms with Gasteiger partial charge in [-0.2, -0.15) is 0 Å². The van der Waals surface area contributed by atoms with Gasteiger partial charge in [-0.05, 0) is 51.6 Å². The summed E-state index contributed by atoms with van der Waals surface area (Å²) in [5, 5.41) is 3.37. The maximum absolute atomic E-state index is 6.14. The van der Waals surface area contributed by atoms with Crippen LogP contribution in [0.3, 0.4) is 0 Å². The Labute approximate surface area is 92.5 Å². The summed E-state index contributed by atoms with van der Waals surface area (Å²) in [6, 6.07) is 0. The van der Waals surface area contributed by atoms with Gasteiger partial charge in [0.15, 0.2) is 0 Å². The van der Waals surface area contributed by atoms with Crippen molar-refractivity contribution in [3.05, 3.63) is 0 Å². The zero-order valence-corrected chi connectivity index (χ0v) is 9.71. The third kappa shape index (κ3) is 3.44. The van der Waals surface area contributed by atoms with Crippen LogP contribution in [0, 0.1) is 0 Å². The van der Waals surface area contributed by atoms with E-state index in [4.69, 9.17) is 9.47 Å². The second kappa shape index (κ2) is 5.83. The smallest absolute Gasteiger partial charge is 0.0603 e. The summed E-state index contributed by atoms with van der Waals surface area (Å²) in [5.74, 6) is 0. The standard InChI is InChI=1S/C12H23NO2/c1-14-11-3-2-4-12(9-11)15-10-5-7-13-8-6-10/h10-13H,2-9H2,1H3/t11-,12-/m0/s1. The molecule has 0 unspecified atom stereocenters. The van der Waals surface area contributed by atoms with Crippen LogP contribution in [-0.2, 0) is 9.47 Å². The summed E-state index contributed by atoms with van der Waals surface area (Å²) >= 11 is 0. The second-order valence-electron chi connectivity index (χ2n) is 4.73. The first-order valence-electron chi connectivity index (χ1n) is 6.27. The molecule has 2 atom stereocenters. The molecule has 15 heavy (non-hydrogen) atoms. The molecule has 1 aliphatic heterocycles. The molecule has 3 heteroatoms. The molecule has 3 nitrogen and oxygen atoms in total. The van der Waals surface area contributed by atoms with E-state index in [1.54, 1.807) is 0 Å². The molecule has 1 saturated heterocycles. The van der Waals surface area contributed by atoms with Crippen LogP contribution in [0.2, 0.25) is 0 Å². The highest BCUT2D eigenvalue weighted by atomic mass is 16.5. The Bertz CT molecular complexity index is 180. The topological polar surface area (TPSA) is 30.5 Å². The molecule has 2 fully saturated rings. The van der Waals surface area contributed by atoms with Crippen molar-refractivity contribution in [1.29, 1.82) is 0 Å². The molecular formula is C12H23NO2. The number of methoxy groups -OCH3 is 1. The predicted molar refractivity (Wildman–Crippen MR) is 60.0 cm³/mol. The summed E-state index contributed by atoms with van der Waals surface area (Å²) in [7, 11) is 1.82. The molecule has 2 aliphatic rings. The lowest BCUT2D eigenvalue weighted by atomic mass is 9.94. The molecule has 1 saturated carbocycles. The summed E-state index contributed by atoms with van der Waals surface area (Å²) in [6.07, 6.45) is 8.52. The van der Waals surface area contributed by atoms with Gasteiger partial charge in [0, 0.05) is 7.11 Å². The van der Waals surface area contributed by atoms with Crippen LogP contribution < -0.4 is 5.32 Å². The minimum atomic E-state index is 0.436. The van der Waals surface area contributed by atoms with E-state index in [2.05, 4.69) is 5.32 Å². The van der Waals surface area contributed by atoms with E-state index in [0.29, 0.717) is 18.3 Å². The van der Waals surface area contributed by atoms with Gasteiger partial charge in [-0.1, -0.05) is 0 Å². The van der Waals surface area contributed by atoms with Crippen LogP contribution in [0.4, 0.5) is 0 Å². The van der Waals surface area contributed by atoms with Crippen molar-refractivity contribution in [2.75, 3.05) is 20.2 Å². The van der Waals surface area contributed by atoms with Crippen molar-refractivity contribution < 1.29 is 9.47 Å². The van der Waals surface area contributed by atoms with Gasteiger partial charge in [-0.15, -0.1) is 0 Å². The molecule has 0 amide bonds. The molecule has 0 aromatic heterocycles. The van der Waals surface area contributed by atoms with E-state index >= 15 is 0 Å². The second-order valence-corrected chi connectivity index (χ2v) is 4.73. The molecule has 0 spiro atoms. The Morgan fingerprint density at radius 2 is 1.67 bits per heavy atom. The van der Waals surface area contributed by atoms with Crippen LogP contribution >= 0.6 is 0 Å². The van der Waals surface area contributed by atoms with Gasteiger partial charge in [0.05, 0.1) is 18.3 Å². The molecule has 1 N–H and O–H groups in total. The number of nitrogens with one attached hydrogen (secondary N) is 1. The summed E-state index contributed by atoms with van der Waals surface area (Å²) < 4.78 is 11.6. The highest BCUT2D eigenvalue weighted by molar-refractivity contribution is 4.76. The zero-order valence-electron chi connectivity index (χ0n) is 9.71. The van der Waals surface area contributed by atoms with Crippen molar-refractivity contribution in [1.82, 2.24) is 5.32 Å². The maximum atomic E-state index is 6.14. The van der Waals surface area contributed by atoms with Crippen LogP contribution in [0.15, 0.2) is 0 Å². The highest BCUT2D eigenvalue weighted by Crippen LogP contribution is 2.25. The first-order chi connectivity index (χ1) is 7.38. The quantitative estimate of drug-likeness (QED) is 0.774. The highest BCUT2D eigenvalue weighted by Gasteiger charge is 2.25. The van der Waals surface area contributed by atoms with Crippen molar-refractivity contribution >= 4 is 0 Å². The van der Waals surface area contributed by atoms with Crippen molar-refractivity contribution in [2.45, 2.75) is 56.8 Å². The lowest BCUT2D eigenvalue weighted by Gasteiger charge is -2.33. The minimum Gasteiger partial charge on any atom is -0.381 e. The van der Waals surface area contributed by atoms with Gasteiger partial charge in [0.25, 0.3) is 0 Å². The molecule has 2 rings (SSSR count). The summed E-state index contributed by atoms with van der Waals surface area (Å²) in [4.78, 5) is 0. The molecule has 0 aromatic rings. The van der Waals surface area contributed by atoms with Crippen molar-refractivity contribution in [3.63, 3.8) is 0 Å². The van der Waals surface area contributed by atoms with Gasteiger partial charge >= 0.3 is 0 Å². The molecular weight excluding hydrogens is 190 g/mol. The van der Waals surface area contributed by atoms with Crippen LogP contribution in [-0.4, -0.2) is 38.5 Å². The Morgan fingerprint density at radius 3 is 2.40 bits per heavy atom. The van der Waals surface area contributed by atoms with E-state index in [1.165, 1.54) is 32.1 Å². The van der Waals surface area contributed by atoms with E-state index in [0.717, 1.165) is 19.5 Å². The third-order valence-corrected chi connectivity index (χ3v) is 3.58. The van der Waals surface area contributed by atoms with Gasteiger partial charge in [-0.3, -0.25) is 0 Å². The zero-order chi connectivity index (χ0) is 10.5. The molecule has 1 heterocycles. The van der Waals surface area contributed by atoms with Crippen molar-refractivity contribution in [2.24, 2.45) is 0 Å². The fourth-order valence-electron chi connectivity index (χ4n) is 2.64. The van der Waals surface area contributed by atoms with E-state index in [-0.39, 0.29) is 0 Å². The number of ether oxygens (including phenoxy) is 2. The normalized spacial score (nSPS) is 34.2. The lowest BCUT2D eigenvalue weighted by molar-refractivity contribution is -0.0727. The fourth-order valence-corrected chi connectivity index (χ4v) is 2.64. The van der Waals surface area contributed by atoms with E-state index < -0.39 is 0 Å². The molecule has 1 aliphatic carbocycles. The van der Waals surface area contributed by atoms with E-state index in [1.807, 2.05) is 7.11 Å². The van der Waals surface area contributed by atoms with Crippen molar-refractivity contribution in [3.8, 4) is 0 Å². The largest absolute Gasteiger partial charge is 0.381 e. The Morgan fingerprint density at radius 1 is 0.933 bits per heavy atom. The summed E-state index contributed by atoms with van der Waals surface area (Å²) in [5.41, 5.74) is 0. The monoisotopic (exact) mass is 213 g/mol. The molecule has 0 aromatic carbocycles. The Kier molecular flexibility index (Phi) is 4.42. The van der Waals surface area contributed by atoms with Crippen LogP contribution in [0.1, 0.15) is 38.5 Å². The van der Waals surface area contributed by atoms with Gasteiger partial charge in [-0.25, -0.2) is 0 Å². The minimum absolute atomic E-state index is 0.436. The molecule has 0 bridgehead atoms. The SMILES string of the molecule is CO[C@H]1CCC[C@H](OC2CCNCC2)C1. The van der Waals surface area contributed by atoms with Gasteiger partial charge in [0.1, 0.15) is 0 Å². The van der Waals surface area contributed by atoms with Gasteiger partial charge < -0.3 is 14.8 Å². The van der Waals surface area contributed by atoms with E-state index in [9.17, 15) is 0 Å². The first-order valence-corrected chi connectivity index (χ1v) is 6.27. The Balaban J connectivity index is 1.72. The predicted octanol–water partition coefficient (Wildman–Crippen LogP) is 1.71. The molecule has 0 radical (unpaired) electrons. The Hall–Kier alpha value is -0.120. The maximum Gasteiger partial charge on any atom is 0.0603 e. The first kappa shape index (κ1) is 11.4. The number of piperidine rings is 1. The molecule has 88 valence electrons. The van der Waals surface area contributed by atoms with Crippen LogP contribution in [0.5, 0.6) is 0 Å². The van der Waals surface area contributed by atoms with Crippen LogP contribution in [0.25, 0.3) is 0 Å². The summed E-state index contributed by atoms with van der Waals surface area (Å²) in [6.45, 7) is 2.23. The number of hydrogen-bond acceptors (Lipinski definition) is 3. The van der Waals surface area contributed by atoms with Gasteiger partial charge in [0.2, 0.25) is 0 Å². The third-order valence-electron chi connectivity index (χ3n) is 3.58. The fraction of sp³-hybridized carbons (Fsp3) is 1.00. The number of rotatable bonds is 3.